The zero-order valence-corrected chi connectivity index (χ0v) is 10.1. The maximum Gasteiger partial charge on any atom is 0.345 e. The number of nitrogens with zero attached hydrogens (tertiary/aromatic N) is 2. The molecule has 1 fully saturated rings. The van der Waals surface area contributed by atoms with Crippen molar-refractivity contribution in [2.75, 3.05) is 18.5 Å². The Bertz CT molecular complexity index is 424. The van der Waals surface area contributed by atoms with Crippen LogP contribution in [0, 0.1) is 10.1 Å². The van der Waals surface area contributed by atoms with E-state index in [1.54, 1.807) is 6.92 Å². The molecule has 1 saturated heterocycles. The molecule has 2 N–H and O–H groups in total. The number of nitrogens with one attached hydrogen (secondary N) is 1. The van der Waals surface area contributed by atoms with Crippen molar-refractivity contribution in [1.29, 1.82) is 0 Å². The molecule has 1 aliphatic rings. The smallest absolute Gasteiger partial charge is 0.345 e. The molecule has 8 heteroatoms. The van der Waals surface area contributed by atoms with Gasteiger partial charge in [0.05, 0.1) is 11.0 Å². The SMILES string of the molecule is CC1OCCC1(O)CNc1ncc([N+](=O)[O-])s1. The first-order chi connectivity index (χ1) is 8.01. The Morgan fingerprint density at radius 1 is 1.88 bits per heavy atom. The third-order valence-corrected chi connectivity index (χ3v) is 3.79. The highest BCUT2D eigenvalue weighted by Crippen LogP contribution is 2.29. The molecular formula is C9H13N3O4S. The number of aromatic nitrogens is 1. The van der Waals surface area contributed by atoms with Crippen LogP contribution in [0.15, 0.2) is 6.20 Å². The van der Waals surface area contributed by atoms with Crippen molar-refractivity contribution >= 4 is 21.5 Å². The summed E-state index contributed by atoms with van der Waals surface area (Å²) in [6.07, 6.45) is 1.50. The Hall–Kier alpha value is -1.25. The first-order valence-corrected chi connectivity index (χ1v) is 6.01. The Morgan fingerprint density at radius 2 is 2.65 bits per heavy atom. The molecule has 2 rings (SSSR count). The highest BCUT2D eigenvalue weighted by molar-refractivity contribution is 7.18. The fourth-order valence-electron chi connectivity index (χ4n) is 1.66. The lowest BCUT2D eigenvalue weighted by atomic mass is 9.97. The molecule has 2 atom stereocenters. The summed E-state index contributed by atoms with van der Waals surface area (Å²) in [5, 5.41) is 24.0. The Morgan fingerprint density at radius 3 is 3.18 bits per heavy atom. The minimum Gasteiger partial charge on any atom is -0.385 e. The van der Waals surface area contributed by atoms with Gasteiger partial charge in [0.25, 0.3) is 0 Å². The molecule has 0 saturated carbocycles. The zero-order chi connectivity index (χ0) is 12.5. The molecule has 0 spiro atoms. The van der Waals surface area contributed by atoms with Gasteiger partial charge in [-0.25, -0.2) is 4.98 Å². The largest absolute Gasteiger partial charge is 0.385 e. The van der Waals surface area contributed by atoms with Crippen LogP contribution in [0.4, 0.5) is 10.1 Å². The van der Waals surface area contributed by atoms with Crippen LogP contribution in [0.5, 0.6) is 0 Å². The van der Waals surface area contributed by atoms with E-state index in [-0.39, 0.29) is 17.6 Å². The summed E-state index contributed by atoms with van der Waals surface area (Å²) in [6.45, 7) is 2.61. The van der Waals surface area contributed by atoms with Gasteiger partial charge in [-0.3, -0.25) is 10.1 Å². The number of hydrogen-bond acceptors (Lipinski definition) is 7. The molecule has 17 heavy (non-hydrogen) atoms. The van der Waals surface area contributed by atoms with Gasteiger partial charge in [0, 0.05) is 19.6 Å². The minimum atomic E-state index is -0.930. The van der Waals surface area contributed by atoms with E-state index in [0.717, 1.165) is 11.3 Å². The van der Waals surface area contributed by atoms with Crippen LogP contribution in [0.3, 0.4) is 0 Å². The van der Waals surface area contributed by atoms with Crippen LogP contribution in [-0.2, 0) is 4.74 Å². The monoisotopic (exact) mass is 259 g/mol. The predicted molar refractivity (Wildman–Crippen MR) is 62.2 cm³/mol. The van der Waals surface area contributed by atoms with E-state index in [0.29, 0.717) is 18.2 Å². The van der Waals surface area contributed by atoms with Gasteiger partial charge in [-0.05, 0) is 18.3 Å². The van der Waals surface area contributed by atoms with Gasteiger partial charge < -0.3 is 15.2 Å². The topological polar surface area (TPSA) is 97.5 Å². The van der Waals surface area contributed by atoms with Gasteiger partial charge >= 0.3 is 5.00 Å². The number of hydrogen-bond donors (Lipinski definition) is 2. The first-order valence-electron chi connectivity index (χ1n) is 5.19. The van der Waals surface area contributed by atoms with Gasteiger partial charge in [0.1, 0.15) is 11.8 Å². The molecule has 0 amide bonds. The summed E-state index contributed by atoms with van der Waals surface area (Å²) in [4.78, 5) is 13.8. The molecule has 0 bridgehead atoms. The molecule has 94 valence electrons. The average Bonchev–Trinajstić information content (AvgIpc) is 2.85. The number of rotatable bonds is 4. The summed E-state index contributed by atoms with van der Waals surface area (Å²) >= 11 is 0.951. The summed E-state index contributed by atoms with van der Waals surface area (Å²) in [7, 11) is 0. The van der Waals surface area contributed by atoms with Gasteiger partial charge in [-0.15, -0.1) is 0 Å². The highest BCUT2D eigenvalue weighted by Gasteiger charge is 2.39. The second kappa shape index (κ2) is 4.55. The predicted octanol–water partition coefficient (Wildman–Crippen LogP) is 1.00. The third-order valence-electron chi connectivity index (χ3n) is 2.88. The quantitative estimate of drug-likeness (QED) is 0.618. The molecular weight excluding hydrogens is 246 g/mol. The van der Waals surface area contributed by atoms with Crippen molar-refractivity contribution < 1.29 is 14.8 Å². The van der Waals surface area contributed by atoms with Crippen LogP contribution in [0.2, 0.25) is 0 Å². The van der Waals surface area contributed by atoms with Crippen molar-refractivity contribution in [3.63, 3.8) is 0 Å². The van der Waals surface area contributed by atoms with Gasteiger partial charge in [0.15, 0.2) is 5.13 Å². The van der Waals surface area contributed by atoms with Gasteiger partial charge in [0.2, 0.25) is 0 Å². The standard InChI is InChI=1S/C9H13N3O4S/c1-6-9(13,2-3-16-6)5-11-8-10-4-7(17-8)12(14)15/h4,6,13H,2-3,5H2,1H3,(H,10,11). The van der Waals surface area contributed by atoms with E-state index in [1.165, 1.54) is 6.20 Å². The average molecular weight is 259 g/mol. The second-order valence-electron chi connectivity index (χ2n) is 3.98. The molecule has 0 aliphatic carbocycles. The maximum atomic E-state index is 10.5. The molecule has 2 unspecified atom stereocenters. The van der Waals surface area contributed by atoms with Crippen molar-refractivity contribution in [3.05, 3.63) is 16.3 Å². The number of ether oxygens (including phenoxy) is 1. The number of aliphatic hydroxyl groups is 1. The van der Waals surface area contributed by atoms with E-state index in [2.05, 4.69) is 10.3 Å². The third kappa shape index (κ3) is 2.54. The Labute approximate surface area is 102 Å². The molecule has 1 aromatic heterocycles. The maximum absolute atomic E-state index is 10.5. The minimum absolute atomic E-state index is 0.0183. The van der Waals surface area contributed by atoms with Gasteiger partial charge in [-0.2, -0.15) is 0 Å². The fraction of sp³-hybridized carbons (Fsp3) is 0.667. The number of anilines is 1. The van der Waals surface area contributed by atoms with E-state index in [1.807, 2.05) is 0 Å². The molecule has 2 heterocycles. The normalized spacial score (nSPS) is 28.2. The Balaban J connectivity index is 1.95. The zero-order valence-electron chi connectivity index (χ0n) is 9.25. The lowest BCUT2D eigenvalue weighted by Gasteiger charge is -2.25. The summed E-state index contributed by atoms with van der Waals surface area (Å²) < 4.78 is 5.29. The first kappa shape index (κ1) is 12.2. The van der Waals surface area contributed by atoms with E-state index in [4.69, 9.17) is 4.74 Å². The van der Waals surface area contributed by atoms with Crippen LogP contribution < -0.4 is 5.32 Å². The molecule has 0 radical (unpaired) electrons. The van der Waals surface area contributed by atoms with E-state index < -0.39 is 10.5 Å². The molecule has 1 aromatic rings. The molecule has 0 aromatic carbocycles. The summed E-state index contributed by atoms with van der Waals surface area (Å²) in [6, 6.07) is 0. The molecule has 7 nitrogen and oxygen atoms in total. The second-order valence-corrected chi connectivity index (χ2v) is 4.99. The van der Waals surface area contributed by atoms with Crippen molar-refractivity contribution in [1.82, 2.24) is 4.98 Å². The van der Waals surface area contributed by atoms with Gasteiger partial charge in [-0.1, -0.05) is 0 Å². The molecule has 1 aliphatic heterocycles. The van der Waals surface area contributed by atoms with Crippen molar-refractivity contribution in [2.24, 2.45) is 0 Å². The van der Waals surface area contributed by atoms with E-state index in [9.17, 15) is 15.2 Å². The Kier molecular flexibility index (Phi) is 3.27. The van der Waals surface area contributed by atoms with Crippen LogP contribution >= 0.6 is 11.3 Å². The number of thiazole rings is 1. The fourth-order valence-corrected chi connectivity index (χ4v) is 2.29. The summed E-state index contributed by atoms with van der Waals surface area (Å²) in [5.74, 6) is 0. The number of nitro groups is 1. The van der Waals surface area contributed by atoms with Crippen LogP contribution in [0.1, 0.15) is 13.3 Å². The highest BCUT2D eigenvalue weighted by atomic mass is 32.1. The lowest BCUT2D eigenvalue weighted by molar-refractivity contribution is -0.380. The van der Waals surface area contributed by atoms with Crippen LogP contribution in [0.25, 0.3) is 0 Å². The summed E-state index contributed by atoms with van der Waals surface area (Å²) in [5.41, 5.74) is -0.930. The van der Waals surface area contributed by atoms with Crippen molar-refractivity contribution in [3.8, 4) is 0 Å². The van der Waals surface area contributed by atoms with E-state index >= 15 is 0 Å². The van der Waals surface area contributed by atoms with Crippen molar-refractivity contribution in [2.45, 2.75) is 25.0 Å². The lowest BCUT2D eigenvalue weighted by Crippen LogP contribution is -2.42. The van der Waals surface area contributed by atoms with Crippen LogP contribution in [-0.4, -0.2) is 39.9 Å².